The molecule has 0 aliphatic carbocycles. The molecule has 1 amide bonds. The molecule has 0 spiro atoms. The van der Waals surface area contributed by atoms with Crippen molar-refractivity contribution < 1.29 is 9.53 Å². The van der Waals surface area contributed by atoms with Gasteiger partial charge in [0.15, 0.2) is 0 Å². The predicted molar refractivity (Wildman–Crippen MR) is 65.6 cm³/mol. The molecule has 1 saturated heterocycles. The lowest BCUT2D eigenvalue weighted by atomic mass is 10.2. The third-order valence-corrected chi connectivity index (χ3v) is 3.33. The van der Waals surface area contributed by atoms with Gasteiger partial charge in [-0.3, -0.25) is 4.79 Å². The van der Waals surface area contributed by atoms with Crippen molar-refractivity contribution >= 4 is 29.1 Å². The zero-order valence-electron chi connectivity index (χ0n) is 9.32. The van der Waals surface area contributed by atoms with E-state index in [1.807, 2.05) is 0 Å². The molecule has 1 aliphatic rings. The van der Waals surface area contributed by atoms with Crippen LogP contribution < -0.4 is 0 Å². The third kappa shape index (κ3) is 2.70. The van der Waals surface area contributed by atoms with E-state index in [0.717, 1.165) is 6.42 Å². The first-order valence-electron chi connectivity index (χ1n) is 5.25. The summed E-state index contributed by atoms with van der Waals surface area (Å²) in [5, 5.41) is 0.584. The smallest absolute Gasteiger partial charge is 0.255 e. The Kier molecular flexibility index (Phi) is 3.86. The van der Waals surface area contributed by atoms with Crippen LogP contribution in [-0.2, 0) is 4.74 Å². The standard InChI is InChI=1S/C11H12Cl2N2O2/c1-17-7-2-3-15(6-7)11(16)8-4-10(13)14-5-9(8)12/h4-5,7H,2-3,6H2,1H3/t7-/m1/s1. The molecule has 0 radical (unpaired) electrons. The number of pyridine rings is 1. The van der Waals surface area contributed by atoms with Gasteiger partial charge in [0.1, 0.15) is 5.15 Å². The van der Waals surface area contributed by atoms with Crippen LogP contribution in [-0.4, -0.2) is 42.1 Å². The van der Waals surface area contributed by atoms with Gasteiger partial charge in [0, 0.05) is 26.4 Å². The number of amides is 1. The van der Waals surface area contributed by atoms with E-state index in [4.69, 9.17) is 27.9 Å². The second kappa shape index (κ2) is 5.21. The first-order chi connectivity index (χ1) is 8.11. The van der Waals surface area contributed by atoms with Crippen LogP contribution in [0.15, 0.2) is 12.3 Å². The lowest BCUT2D eigenvalue weighted by Gasteiger charge is -2.16. The molecule has 0 bridgehead atoms. The molecule has 2 rings (SSSR count). The molecule has 1 atom stereocenters. The van der Waals surface area contributed by atoms with Crippen molar-refractivity contribution in [2.45, 2.75) is 12.5 Å². The number of hydrogen-bond acceptors (Lipinski definition) is 3. The normalized spacial score (nSPS) is 19.7. The van der Waals surface area contributed by atoms with Crippen molar-refractivity contribution in [3.63, 3.8) is 0 Å². The van der Waals surface area contributed by atoms with E-state index in [1.54, 1.807) is 12.0 Å². The fraction of sp³-hybridized carbons (Fsp3) is 0.455. The summed E-state index contributed by atoms with van der Waals surface area (Å²) in [7, 11) is 1.65. The summed E-state index contributed by atoms with van der Waals surface area (Å²) in [6.07, 6.45) is 2.34. The quantitative estimate of drug-likeness (QED) is 0.777. The SMILES string of the molecule is CO[C@@H]1CCN(C(=O)c2cc(Cl)ncc2Cl)C1. The van der Waals surface area contributed by atoms with Crippen LogP contribution in [0.4, 0.5) is 0 Å². The molecule has 1 aromatic rings. The molecule has 2 heterocycles. The Balaban J connectivity index is 2.17. The van der Waals surface area contributed by atoms with Gasteiger partial charge in [-0.05, 0) is 12.5 Å². The molecule has 1 fully saturated rings. The molecule has 0 N–H and O–H groups in total. The molecule has 1 aliphatic heterocycles. The van der Waals surface area contributed by atoms with Crippen molar-refractivity contribution in [1.82, 2.24) is 9.88 Å². The van der Waals surface area contributed by atoms with Gasteiger partial charge in [-0.1, -0.05) is 23.2 Å². The van der Waals surface area contributed by atoms with Crippen molar-refractivity contribution in [2.75, 3.05) is 20.2 Å². The summed E-state index contributed by atoms with van der Waals surface area (Å²) < 4.78 is 5.22. The van der Waals surface area contributed by atoms with Crippen molar-refractivity contribution in [1.29, 1.82) is 0 Å². The van der Waals surface area contributed by atoms with Crippen LogP contribution in [0.3, 0.4) is 0 Å². The van der Waals surface area contributed by atoms with E-state index in [0.29, 0.717) is 23.7 Å². The highest BCUT2D eigenvalue weighted by Crippen LogP contribution is 2.22. The third-order valence-electron chi connectivity index (χ3n) is 2.82. The Morgan fingerprint density at radius 2 is 2.35 bits per heavy atom. The van der Waals surface area contributed by atoms with Gasteiger partial charge in [-0.15, -0.1) is 0 Å². The largest absolute Gasteiger partial charge is 0.380 e. The topological polar surface area (TPSA) is 42.4 Å². The number of aromatic nitrogens is 1. The van der Waals surface area contributed by atoms with Crippen molar-refractivity contribution in [3.8, 4) is 0 Å². The van der Waals surface area contributed by atoms with E-state index in [-0.39, 0.29) is 17.2 Å². The maximum absolute atomic E-state index is 12.2. The fourth-order valence-electron chi connectivity index (χ4n) is 1.85. The number of nitrogens with zero attached hydrogens (tertiary/aromatic N) is 2. The second-order valence-corrected chi connectivity index (χ2v) is 4.68. The number of carbonyl (C=O) groups excluding carboxylic acids is 1. The van der Waals surface area contributed by atoms with Gasteiger partial charge >= 0.3 is 0 Å². The highest BCUT2D eigenvalue weighted by atomic mass is 35.5. The monoisotopic (exact) mass is 274 g/mol. The molecular weight excluding hydrogens is 263 g/mol. The number of carbonyl (C=O) groups is 1. The molecule has 17 heavy (non-hydrogen) atoms. The summed E-state index contributed by atoms with van der Waals surface area (Å²) in [5.41, 5.74) is 0.392. The Labute approximate surface area is 109 Å². The highest BCUT2D eigenvalue weighted by Gasteiger charge is 2.28. The first kappa shape index (κ1) is 12.6. The number of hydrogen-bond donors (Lipinski definition) is 0. The lowest BCUT2D eigenvalue weighted by Crippen LogP contribution is -2.30. The van der Waals surface area contributed by atoms with Gasteiger partial charge in [0.25, 0.3) is 5.91 Å². The van der Waals surface area contributed by atoms with Gasteiger partial charge < -0.3 is 9.64 Å². The summed E-state index contributed by atoms with van der Waals surface area (Å²) in [4.78, 5) is 17.7. The Hall–Kier alpha value is -0.840. The van der Waals surface area contributed by atoms with Gasteiger partial charge in [0.05, 0.1) is 16.7 Å². The maximum atomic E-state index is 12.2. The molecule has 4 nitrogen and oxygen atoms in total. The fourth-order valence-corrected chi connectivity index (χ4v) is 2.19. The molecule has 6 heteroatoms. The van der Waals surface area contributed by atoms with Gasteiger partial charge in [-0.25, -0.2) is 4.98 Å². The average Bonchev–Trinajstić information content (AvgIpc) is 2.80. The van der Waals surface area contributed by atoms with Crippen molar-refractivity contribution in [2.24, 2.45) is 0 Å². The van der Waals surface area contributed by atoms with E-state index in [9.17, 15) is 4.79 Å². The van der Waals surface area contributed by atoms with E-state index in [1.165, 1.54) is 12.3 Å². The Morgan fingerprint density at radius 1 is 1.59 bits per heavy atom. The molecular formula is C11H12Cl2N2O2. The molecule has 0 saturated carbocycles. The van der Waals surface area contributed by atoms with E-state index >= 15 is 0 Å². The minimum atomic E-state index is -0.126. The van der Waals surface area contributed by atoms with Crippen LogP contribution in [0.5, 0.6) is 0 Å². The summed E-state index contributed by atoms with van der Waals surface area (Å²) in [6, 6.07) is 1.49. The average molecular weight is 275 g/mol. The maximum Gasteiger partial charge on any atom is 0.255 e. The summed E-state index contributed by atoms with van der Waals surface area (Å²) >= 11 is 11.7. The Bertz CT molecular complexity index is 439. The van der Waals surface area contributed by atoms with Crippen LogP contribution in [0.25, 0.3) is 0 Å². The van der Waals surface area contributed by atoms with Crippen molar-refractivity contribution in [3.05, 3.63) is 28.0 Å². The van der Waals surface area contributed by atoms with Crippen LogP contribution in [0, 0.1) is 0 Å². The zero-order valence-corrected chi connectivity index (χ0v) is 10.8. The number of ether oxygens (including phenoxy) is 1. The van der Waals surface area contributed by atoms with Crippen LogP contribution >= 0.6 is 23.2 Å². The zero-order chi connectivity index (χ0) is 12.4. The summed E-state index contributed by atoms with van der Waals surface area (Å²) in [5.74, 6) is -0.126. The number of methoxy groups -OCH3 is 1. The molecule has 0 unspecified atom stereocenters. The summed E-state index contributed by atoms with van der Waals surface area (Å²) in [6.45, 7) is 1.26. The molecule has 0 aromatic carbocycles. The number of halogens is 2. The highest BCUT2D eigenvalue weighted by molar-refractivity contribution is 6.35. The van der Waals surface area contributed by atoms with Gasteiger partial charge in [-0.2, -0.15) is 0 Å². The molecule has 92 valence electrons. The van der Waals surface area contributed by atoms with E-state index < -0.39 is 0 Å². The first-order valence-corrected chi connectivity index (χ1v) is 6.00. The Morgan fingerprint density at radius 3 is 3.00 bits per heavy atom. The molecule has 1 aromatic heterocycles. The van der Waals surface area contributed by atoms with E-state index in [2.05, 4.69) is 4.98 Å². The van der Waals surface area contributed by atoms with Gasteiger partial charge in [0.2, 0.25) is 0 Å². The number of likely N-dealkylation sites (tertiary alicyclic amines) is 1. The van der Waals surface area contributed by atoms with Crippen LogP contribution in [0.2, 0.25) is 10.2 Å². The minimum Gasteiger partial charge on any atom is -0.380 e. The minimum absolute atomic E-state index is 0.107. The second-order valence-electron chi connectivity index (χ2n) is 3.88. The van der Waals surface area contributed by atoms with Crippen LogP contribution in [0.1, 0.15) is 16.8 Å². The lowest BCUT2D eigenvalue weighted by molar-refractivity contribution is 0.0724. The number of rotatable bonds is 2. The predicted octanol–water partition coefficient (Wildman–Crippen LogP) is 2.25.